The minimum absolute atomic E-state index is 0.264. The Bertz CT molecular complexity index is 522. The molecular weight excluding hydrogens is 307 g/mol. The van der Waals surface area contributed by atoms with Gasteiger partial charge in [0.05, 0.1) is 5.56 Å². The fourth-order valence-electron chi connectivity index (χ4n) is 1.50. The molecule has 0 heterocycles. The number of carboxylic acids is 1. The van der Waals surface area contributed by atoms with E-state index < -0.39 is 5.97 Å². The molecule has 0 aromatic heterocycles. The van der Waals surface area contributed by atoms with Crippen LogP contribution in [0, 0.1) is 0 Å². The fourth-order valence-corrected chi connectivity index (χ4v) is 1.76. The molecule has 2 aromatic rings. The molecular formula is C11H7IO3. The highest BCUT2D eigenvalue weighted by Crippen LogP contribution is 2.26. The second-order valence-electron chi connectivity index (χ2n) is 3.07. The lowest BCUT2D eigenvalue weighted by atomic mass is 10.0. The van der Waals surface area contributed by atoms with Gasteiger partial charge in [-0.25, -0.2) is 4.79 Å². The Kier molecular flexibility index (Phi) is 2.77. The van der Waals surface area contributed by atoms with Crippen LogP contribution in [0.2, 0.25) is 0 Å². The van der Waals surface area contributed by atoms with Crippen molar-refractivity contribution in [2.75, 3.05) is 0 Å². The summed E-state index contributed by atoms with van der Waals surface area (Å²) in [7, 11) is 0. The third-order valence-corrected chi connectivity index (χ3v) is 2.66. The molecule has 0 aliphatic carbocycles. The summed E-state index contributed by atoms with van der Waals surface area (Å²) in [4.78, 5) is 11.0. The topological polar surface area (TPSA) is 46.5 Å². The number of halogens is 1. The summed E-state index contributed by atoms with van der Waals surface area (Å²) in [5.74, 6) is -0.395. The summed E-state index contributed by atoms with van der Waals surface area (Å²) in [6.45, 7) is 0. The van der Waals surface area contributed by atoms with Crippen LogP contribution in [-0.2, 0) is 0 Å². The van der Waals surface area contributed by atoms with Gasteiger partial charge >= 0.3 is 5.97 Å². The van der Waals surface area contributed by atoms with Gasteiger partial charge in [-0.1, -0.05) is 24.3 Å². The molecule has 0 aliphatic rings. The second kappa shape index (κ2) is 4.06. The molecule has 0 aliphatic heterocycles. The van der Waals surface area contributed by atoms with Crippen LogP contribution in [0.5, 0.6) is 5.75 Å². The van der Waals surface area contributed by atoms with Crippen LogP contribution in [0.25, 0.3) is 10.8 Å². The summed E-state index contributed by atoms with van der Waals surface area (Å²) in [6, 6.07) is 10.7. The largest absolute Gasteiger partial charge is 0.478 e. The van der Waals surface area contributed by atoms with E-state index in [1.807, 2.05) is 24.3 Å². The molecule has 0 saturated carbocycles. The maximum Gasteiger partial charge on any atom is 0.336 e. The van der Waals surface area contributed by atoms with Crippen molar-refractivity contribution in [2.45, 2.75) is 0 Å². The van der Waals surface area contributed by atoms with E-state index in [-0.39, 0.29) is 5.56 Å². The summed E-state index contributed by atoms with van der Waals surface area (Å²) in [5, 5.41) is 10.6. The molecule has 0 radical (unpaired) electrons. The van der Waals surface area contributed by atoms with Crippen LogP contribution in [0.15, 0.2) is 36.4 Å². The average Bonchev–Trinajstić information content (AvgIpc) is 2.27. The first-order valence-electron chi connectivity index (χ1n) is 4.27. The number of rotatable bonds is 2. The normalized spacial score (nSPS) is 10.2. The van der Waals surface area contributed by atoms with Crippen molar-refractivity contribution >= 4 is 39.7 Å². The van der Waals surface area contributed by atoms with Gasteiger partial charge in [-0.05, 0) is 22.9 Å². The number of hydrogen-bond donors (Lipinski definition) is 1. The summed E-state index contributed by atoms with van der Waals surface area (Å²) in [5.41, 5.74) is 0.264. The van der Waals surface area contributed by atoms with Crippen molar-refractivity contribution in [1.82, 2.24) is 0 Å². The van der Waals surface area contributed by atoms with Crippen LogP contribution in [0.3, 0.4) is 0 Å². The maximum absolute atomic E-state index is 11.0. The molecule has 76 valence electrons. The Balaban J connectivity index is 2.80. The predicted octanol–water partition coefficient (Wildman–Crippen LogP) is 3.27. The van der Waals surface area contributed by atoms with Gasteiger partial charge in [-0.3, -0.25) is 0 Å². The van der Waals surface area contributed by atoms with Crippen LogP contribution >= 0.6 is 23.0 Å². The van der Waals surface area contributed by atoms with Crippen LogP contribution in [-0.4, -0.2) is 11.1 Å². The Labute approximate surface area is 100 Å². The number of carbonyl (C=O) groups is 1. The van der Waals surface area contributed by atoms with Crippen molar-refractivity contribution in [3.8, 4) is 5.75 Å². The summed E-state index contributed by atoms with van der Waals surface area (Å²) in [6.07, 6.45) is 0. The van der Waals surface area contributed by atoms with Gasteiger partial charge in [0.2, 0.25) is 0 Å². The maximum atomic E-state index is 11.0. The lowest BCUT2D eigenvalue weighted by molar-refractivity contribution is 0.0699. The van der Waals surface area contributed by atoms with Crippen LogP contribution in [0.1, 0.15) is 10.4 Å². The highest BCUT2D eigenvalue weighted by Gasteiger charge is 2.10. The first-order chi connectivity index (χ1) is 7.22. The zero-order valence-corrected chi connectivity index (χ0v) is 9.76. The SMILES string of the molecule is O=C(O)c1cc(OI)cc2ccccc12. The third kappa shape index (κ3) is 1.90. The van der Waals surface area contributed by atoms with Gasteiger partial charge in [0.15, 0.2) is 23.0 Å². The van der Waals surface area contributed by atoms with E-state index in [4.69, 9.17) is 8.17 Å². The molecule has 0 fully saturated rings. The molecule has 15 heavy (non-hydrogen) atoms. The van der Waals surface area contributed by atoms with Crippen molar-refractivity contribution < 1.29 is 13.0 Å². The summed E-state index contributed by atoms with van der Waals surface area (Å²) >= 11 is 1.73. The molecule has 0 atom stereocenters. The number of aromatic carboxylic acids is 1. The second-order valence-corrected chi connectivity index (χ2v) is 3.51. The molecule has 4 heteroatoms. The Morgan fingerprint density at radius 1 is 1.27 bits per heavy atom. The van der Waals surface area contributed by atoms with E-state index in [1.165, 1.54) is 6.07 Å². The minimum Gasteiger partial charge on any atom is -0.478 e. The van der Waals surface area contributed by atoms with Crippen LogP contribution in [0.4, 0.5) is 0 Å². The van der Waals surface area contributed by atoms with Gasteiger partial charge in [-0.2, -0.15) is 0 Å². The van der Waals surface area contributed by atoms with Crippen molar-refractivity contribution in [1.29, 1.82) is 0 Å². The van der Waals surface area contributed by atoms with Crippen molar-refractivity contribution in [3.63, 3.8) is 0 Å². The van der Waals surface area contributed by atoms with Gasteiger partial charge in [0, 0.05) is 0 Å². The van der Waals surface area contributed by atoms with Gasteiger partial charge < -0.3 is 8.17 Å². The molecule has 1 N–H and O–H groups in total. The van der Waals surface area contributed by atoms with Crippen LogP contribution < -0.4 is 3.07 Å². The molecule has 0 saturated heterocycles. The lowest BCUT2D eigenvalue weighted by Crippen LogP contribution is -1.97. The molecule has 0 amide bonds. The first-order valence-corrected chi connectivity index (χ1v) is 5.15. The van der Waals surface area contributed by atoms with E-state index in [1.54, 1.807) is 29.1 Å². The van der Waals surface area contributed by atoms with E-state index in [0.717, 1.165) is 10.8 Å². The van der Waals surface area contributed by atoms with E-state index in [9.17, 15) is 4.79 Å². The predicted molar refractivity (Wildman–Crippen MR) is 65.6 cm³/mol. The fraction of sp³-hybridized carbons (Fsp3) is 0. The number of fused-ring (bicyclic) bond motifs is 1. The van der Waals surface area contributed by atoms with E-state index in [0.29, 0.717) is 5.75 Å². The molecule has 0 bridgehead atoms. The van der Waals surface area contributed by atoms with Gasteiger partial charge in [-0.15, -0.1) is 0 Å². The highest BCUT2D eigenvalue weighted by atomic mass is 127. The molecule has 0 unspecified atom stereocenters. The molecule has 2 aromatic carbocycles. The minimum atomic E-state index is -0.943. The monoisotopic (exact) mass is 314 g/mol. The van der Waals surface area contributed by atoms with Gasteiger partial charge in [0.25, 0.3) is 0 Å². The smallest absolute Gasteiger partial charge is 0.336 e. The average molecular weight is 314 g/mol. The Morgan fingerprint density at radius 3 is 2.67 bits per heavy atom. The Hall–Kier alpha value is -1.30. The molecule has 0 spiro atoms. The Morgan fingerprint density at radius 2 is 2.00 bits per heavy atom. The quantitative estimate of drug-likeness (QED) is 0.866. The molecule has 3 nitrogen and oxygen atoms in total. The van der Waals surface area contributed by atoms with E-state index >= 15 is 0 Å². The zero-order chi connectivity index (χ0) is 10.8. The highest BCUT2D eigenvalue weighted by molar-refractivity contribution is 14.1. The van der Waals surface area contributed by atoms with Crippen molar-refractivity contribution in [2.24, 2.45) is 0 Å². The molecule has 2 rings (SSSR count). The summed E-state index contributed by atoms with van der Waals surface area (Å²) < 4.78 is 5.02. The third-order valence-electron chi connectivity index (χ3n) is 2.15. The first kappa shape index (κ1) is 10.2. The number of hydrogen-bond acceptors (Lipinski definition) is 2. The van der Waals surface area contributed by atoms with Crippen molar-refractivity contribution in [3.05, 3.63) is 42.0 Å². The standard InChI is InChI=1S/C11H7IO3/c12-15-8-5-7-3-1-2-4-9(7)10(6-8)11(13)14/h1-6H,(H,13,14). The van der Waals surface area contributed by atoms with E-state index in [2.05, 4.69) is 0 Å². The zero-order valence-electron chi connectivity index (χ0n) is 7.61. The number of carboxylic acid groups (broad SMARTS) is 1. The van der Waals surface area contributed by atoms with Gasteiger partial charge in [0.1, 0.15) is 5.75 Å². The lowest BCUT2D eigenvalue weighted by Gasteiger charge is -2.04. The number of benzene rings is 2.